The van der Waals surface area contributed by atoms with Crippen LogP contribution in [0.25, 0.3) is 0 Å². The smallest absolute Gasteiger partial charge is 0.232 e. The first kappa shape index (κ1) is 22.9. The Bertz CT molecular complexity index is 963. The van der Waals surface area contributed by atoms with Crippen LogP contribution in [0.15, 0.2) is 36.4 Å². The molecule has 0 radical (unpaired) electrons. The number of rotatable bonds is 8. The van der Waals surface area contributed by atoms with Gasteiger partial charge in [0.05, 0.1) is 18.0 Å². The maximum Gasteiger partial charge on any atom is 0.232 e. The fourth-order valence-corrected chi connectivity index (χ4v) is 4.62. The molecule has 1 amide bonds. The molecule has 5 nitrogen and oxygen atoms in total. The van der Waals surface area contributed by atoms with Gasteiger partial charge in [0, 0.05) is 13.0 Å². The molecule has 0 aromatic heterocycles. The van der Waals surface area contributed by atoms with E-state index in [1.54, 1.807) is 0 Å². The molecule has 0 saturated heterocycles. The number of anilines is 1. The highest BCUT2D eigenvalue weighted by Gasteiger charge is 2.19. The van der Waals surface area contributed by atoms with Gasteiger partial charge >= 0.3 is 0 Å². The van der Waals surface area contributed by atoms with Crippen LogP contribution in [0.3, 0.4) is 0 Å². The van der Waals surface area contributed by atoms with E-state index in [0.29, 0.717) is 12.1 Å². The Labute approximate surface area is 175 Å². The molecule has 2 aromatic carbocycles. The number of amides is 1. The first-order valence-corrected chi connectivity index (χ1v) is 11.7. The molecule has 1 unspecified atom stereocenters. The number of sulfonamides is 1. The molecule has 0 bridgehead atoms. The molecule has 0 spiro atoms. The number of carbonyl (C=O) groups excluding carboxylic acids is 1. The lowest BCUT2D eigenvalue weighted by Crippen LogP contribution is -2.32. The summed E-state index contributed by atoms with van der Waals surface area (Å²) >= 11 is 0. The van der Waals surface area contributed by atoms with Crippen molar-refractivity contribution >= 4 is 21.6 Å². The number of aryl methyl sites for hydroxylation is 4. The summed E-state index contributed by atoms with van der Waals surface area (Å²) in [6.45, 7) is 10.2. The van der Waals surface area contributed by atoms with Crippen molar-refractivity contribution in [3.63, 3.8) is 0 Å². The summed E-state index contributed by atoms with van der Waals surface area (Å²) in [7, 11) is -3.42. The minimum Gasteiger partial charge on any atom is -0.350 e. The predicted molar refractivity (Wildman–Crippen MR) is 120 cm³/mol. The number of carbonyl (C=O) groups is 1. The number of benzene rings is 2. The van der Waals surface area contributed by atoms with E-state index in [0.717, 1.165) is 22.3 Å². The Balaban J connectivity index is 1.99. The van der Waals surface area contributed by atoms with E-state index in [9.17, 15) is 13.2 Å². The van der Waals surface area contributed by atoms with Gasteiger partial charge in [0.2, 0.25) is 15.9 Å². The monoisotopic (exact) mass is 416 g/mol. The molecule has 6 heteroatoms. The first-order valence-electron chi connectivity index (χ1n) is 9.90. The molecule has 0 aliphatic rings. The third kappa shape index (κ3) is 6.60. The zero-order valence-corrected chi connectivity index (χ0v) is 19.1. The van der Waals surface area contributed by atoms with Crippen molar-refractivity contribution in [2.75, 3.05) is 17.1 Å². The van der Waals surface area contributed by atoms with Gasteiger partial charge in [-0.2, -0.15) is 0 Å². The molecule has 1 atom stereocenters. The van der Waals surface area contributed by atoms with Crippen molar-refractivity contribution in [3.05, 3.63) is 64.2 Å². The van der Waals surface area contributed by atoms with Gasteiger partial charge in [-0.25, -0.2) is 8.42 Å². The normalized spacial score (nSPS) is 12.5. The van der Waals surface area contributed by atoms with Crippen LogP contribution < -0.4 is 9.62 Å². The predicted octanol–water partition coefficient (Wildman–Crippen LogP) is 4.34. The molecular formula is C23H32N2O3S. The quantitative estimate of drug-likeness (QED) is 0.696. The van der Waals surface area contributed by atoms with Gasteiger partial charge in [0.1, 0.15) is 0 Å². The maximum atomic E-state index is 12.4. The molecule has 158 valence electrons. The van der Waals surface area contributed by atoms with Gasteiger partial charge < -0.3 is 5.32 Å². The summed E-state index contributed by atoms with van der Waals surface area (Å²) < 4.78 is 25.9. The SMILES string of the molecule is Cc1cc(C)cc(N(CCCC(=O)NC(C)c2ccc(C)cc2C)S(C)(=O)=O)c1. The Morgan fingerprint density at radius 1 is 1.00 bits per heavy atom. The summed E-state index contributed by atoms with van der Waals surface area (Å²) in [6.07, 6.45) is 1.92. The molecule has 0 aliphatic carbocycles. The third-order valence-electron chi connectivity index (χ3n) is 4.93. The van der Waals surface area contributed by atoms with E-state index in [-0.39, 0.29) is 24.9 Å². The van der Waals surface area contributed by atoms with E-state index in [1.807, 2.05) is 65.0 Å². The fourth-order valence-electron chi connectivity index (χ4n) is 3.67. The lowest BCUT2D eigenvalue weighted by molar-refractivity contribution is -0.121. The highest BCUT2D eigenvalue weighted by Crippen LogP contribution is 2.22. The molecule has 2 rings (SSSR count). The molecule has 29 heavy (non-hydrogen) atoms. The lowest BCUT2D eigenvalue weighted by Gasteiger charge is -2.23. The molecule has 0 saturated carbocycles. The summed E-state index contributed by atoms with van der Waals surface area (Å²) in [5, 5.41) is 3.02. The van der Waals surface area contributed by atoms with Crippen LogP contribution in [0.2, 0.25) is 0 Å². The van der Waals surface area contributed by atoms with E-state index < -0.39 is 10.0 Å². The Morgan fingerprint density at radius 3 is 2.17 bits per heavy atom. The van der Waals surface area contributed by atoms with E-state index in [4.69, 9.17) is 0 Å². The highest BCUT2D eigenvalue weighted by atomic mass is 32.2. The topological polar surface area (TPSA) is 66.5 Å². The zero-order chi connectivity index (χ0) is 21.8. The van der Waals surface area contributed by atoms with Gasteiger partial charge in [0.25, 0.3) is 0 Å². The van der Waals surface area contributed by atoms with Gasteiger partial charge in [-0.3, -0.25) is 9.10 Å². The molecule has 1 N–H and O–H groups in total. The van der Waals surface area contributed by atoms with Gasteiger partial charge in [0.15, 0.2) is 0 Å². The van der Waals surface area contributed by atoms with Crippen LogP contribution in [0, 0.1) is 27.7 Å². The number of hydrogen-bond donors (Lipinski definition) is 1. The second-order valence-electron chi connectivity index (χ2n) is 7.93. The summed E-state index contributed by atoms with van der Waals surface area (Å²) in [4.78, 5) is 12.4. The zero-order valence-electron chi connectivity index (χ0n) is 18.2. The van der Waals surface area contributed by atoms with Crippen LogP contribution in [0.5, 0.6) is 0 Å². The Morgan fingerprint density at radius 2 is 1.62 bits per heavy atom. The van der Waals surface area contributed by atoms with Crippen LogP contribution in [-0.2, 0) is 14.8 Å². The van der Waals surface area contributed by atoms with Crippen molar-refractivity contribution in [1.29, 1.82) is 0 Å². The number of nitrogens with zero attached hydrogens (tertiary/aromatic N) is 1. The minimum atomic E-state index is -3.42. The summed E-state index contributed by atoms with van der Waals surface area (Å²) in [6, 6.07) is 11.8. The van der Waals surface area contributed by atoms with E-state index in [2.05, 4.69) is 11.4 Å². The molecule has 0 fully saturated rings. The van der Waals surface area contributed by atoms with Crippen molar-refractivity contribution in [2.45, 2.75) is 53.5 Å². The van der Waals surface area contributed by atoms with Crippen LogP contribution in [0.1, 0.15) is 53.6 Å². The van der Waals surface area contributed by atoms with E-state index in [1.165, 1.54) is 16.1 Å². The van der Waals surface area contributed by atoms with Gasteiger partial charge in [-0.05, 0) is 75.4 Å². The summed E-state index contributed by atoms with van der Waals surface area (Å²) in [5.74, 6) is -0.0775. The summed E-state index contributed by atoms with van der Waals surface area (Å²) in [5.41, 5.74) is 6.10. The van der Waals surface area contributed by atoms with Gasteiger partial charge in [-0.1, -0.05) is 29.8 Å². The molecule has 0 aliphatic heterocycles. The van der Waals surface area contributed by atoms with Crippen LogP contribution in [0.4, 0.5) is 5.69 Å². The molecule has 0 heterocycles. The highest BCUT2D eigenvalue weighted by molar-refractivity contribution is 7.92. The van der Waals surface area contributed by atoms with Crippen LogP contribution >= 0.6 is 0 Å². The van der Waals surface area contributed by atoms with Crippen LogP contribution in [-0.4, -0.2) is 27.1 Å². The second kappa shape index (κ2) is 9.44. The maximum absolute atomic E-state index is 12.4. The fraction of sp³-hybridized carbons (Fsp3) is 0.435. The van der Waals surface area contributed by atoms with Crippen molar-refractivity contribution in [3.8, 4) is 0 Å². The van der Waals surface area contributed by atoms with Gasteiger partial charge in [-0.15, -0.1) is 0 Å². The first-order chi connectivity index (χ1) is 13.5. The standard InChI is InChI=1S/C23H32N2O3S/c1-16-9-10-22(19(4)13-16)20(5)24-23(26)8-7-11-25(29(6,27)28)21-14-17(2)12-18(3)15-21/h9-10,12-15,20H,7-8,11H2,1-6H3,(H,24,26). The second-order valence-corrected chi connectivity index (χ2v) is 9.84. The Hall–Kier alpha value is -2.34. The van der Waals surface area contributed by atoms with Crippen molar-refractivity contribution in [2.24, 2.45) is 0 Å². The third-order valence-corrected chi connectivity index (χ3v) is 6.12. The van der Waals surface area contributed by atoms with Crippen molar-refractivity contribution < 1.29 is 13.2 Å². The number of nitrogens with one attached hydrogen (secondary N) is 1. The van der Waals surface area contributed by atoms with Crippen molar-refractivity contribution in [1.82, 2.24) is 5.32 Å². The lowest BCUT2D eigenvalue weighted by atomic mass is 10.00. The molecular weight excluding hydrogens is 384 g/mol. The average molecular weight is 417 g/mol. The molecule has 2 aromatic rings. The number of hydrogen-bond acceptors (Lipinski definition) is 3. The largest absolute Gasteiger partial charge is 0.350 e. The van der Waals surface area contributed by atoms with E-state index >= 15 is 0 Å². The Kier molecular flexibility index (Phi) is 7.47. The minimum absolute atomic E-state index is 0.0775. The average Bonchev–Trinajstić information content (AvgIpc) is 2.56.